The quantitative estimate of drug-likeness (QED) is 0.344. The number of methoxy groups -OCH3 is 1. The summed E-state index contributed by atoms with van der Waals surface area (Å²) in [6.45, 7) is 3.99. The summed E-state index contributed by atoms with van der Waals surface area (Å²) in [7, 11) is 1.67. The van der Waals surface area contributed by atoms with Crippen LogP contribution in [0.4, 0.5) is 0 Å². The summed E-state index contributed by atoms with van der Waals surface area (Å²) in [5, 5.41) is 3.25. The van der Waals surface area contributed by atoms with Crippen LogP contribution in [-0.2, 0) is 9.47 Å². The van der Waals surface area contributed by atoms with Crippen molar-refractivity contribution in [1.29, 1.82) is 0 Å². The molecule has 0 radical (unpaired) electrons. The molecule has 0 aromatic carbocycles. The first-order chi connectivity index (χ1) is 6.91. The molecule has 0 fully saturated rings. The number of halogens is 1. The van der Waals surface area contributed by atoms with Crippen LogP contribution in [0.15, 0.2) is 12.2 Å². The predicted molar refractivity (Wildman–Crippen MR) is 60.0 cm³/mol. The molecular formula is C10H20ClNO2. The lowest BCUT2D eigenvalue weighted by Crippen LogP contribution is -2.17. The lowest BCUT2D eigenvalue weighted by Gasteiger charge is -2.03. The van der Waals surface area contributed by atoms with Crippen LogP contribution in [0.3, 0.4) is 0 Å². The Bertz CT molecular complexity index is 131. The Morgan fingerprint density at radius 2 is 2.07 bits per heavy atom. The molecule has 0 aliphatic rings. The fourth-order valence-corrected chi connectivity index (χ4v) is 1.00. The molecule has 0 heterocycles. The molecule has 1 N–H and O–H groups in total. The molecule has 0 aromatic heterocycles. The Morgan fingerprint density at radius 3 is 2.79 bits per heavy atom. The molecule has 0 saturated heterocycles. The molecule has 3 nitrogen and oxygen atoms in total. The van der Waals surface area contributed by atoms with Gasteiger partial charge in [-0.3, -0.25) is 0 Å². The minimum absolute atomic E-state index is 0.585. The Morgan fingerprint density at radius 1 is 1.21 bits per heavy atom. The largest absolute Gasteiger partial charge is 0.382 e. The van der Waals surface area contributed by atoms with E-state index in [4.69, 9.17) is 21.1 Å². The summed E-state index contributed by atoms with van der Waals surface area (Å²) in [6, 6.07) is 0. The van der Waals surface area contributed by atoms with Crippen LogP contribution in [0.25, 0.3) is 0 Å². The van der Waals surface area contributed by atoms with Gasteiger partial charge in [0.05, 0.1) is 13.2 Å². The van der Waals surface area contributed by atoms with Crippen molar-refractivity contribution < 1.29 is 9.47 Å². The van der Waals surface area contributed by atoms with Crippen LogP contribution in [0.1, 0.15) is 6.42 Å². The van der Waals surface area contributed by atoms with Crippen LogP contribution in [0.5, 0.6) is 0 Å². The fourth-order valence-electron chi connectivity index (χ4n) is 0.875. The van der Waals surface area contributed by atoms with Crippen LogP contribution < -0.4 is 5.32 Å². The van der Waals surface area contributed by atoms with Crippen molar-refractivity contribution in [2.75, 3.05) is 45.9 Å². The minimum Gasteiger partial charge on any atom is -0.382 e. The number of allylic oxidation sites excluding steroid dienone is 1. The molecule has 0 atom stereocenters. The average Bonchev–Trinajstić information content (AvgIpc) is 2.21. The van der Waals surface area contributed by atoms with Gasteiger partial charge in [-0.15, -0.1) is 11.6 Å². The van der Waals surface area contributed by atoms with E-state index in [1.54, 1.807) is 7.11 Å². The molecule has 14 heavy (non-hydrogen) atoms. The van der Waals surface area contributed by atoms with Crippen LogP contribution >= 0.6 is 11.6 Å². The summed E-state index contributed by atoms with van der Waals surface area (Å²) in [6.07, 6.45) is 4.99. The number of nitrogens with one attached hydrogen (secondary N) is 1. The number of alkyl halides is 1. The highest BCUT2D eigenvalue weighted by atomic mass is 35.5. The van der Waals surface area contributed by atoms with Crippen molar-refractivity contribution in [1.82, 2.24) is 5.32 Å². The van der Waals surface area contributed by atoms with E-state index in [0.717, 1.165) is 26.1 Å². The molecule has 0 unspecified atom stereocenters. The number of ether oxygens (including phenoxy) is 2. The molecule has 0 saturated carbocycles. The van der Waals surface area contributed by atoms with Crippen molar-refractivity contribution in [3.05, 3.63) is 12.2 Å². The standard InChI is InChI=1S/C10H20ClNO2/c1-13-9-10-14-8-4-7-12-6-3-2-5-11/h2-3,12H,4-10H2,1H3/b3-2+. The summed E-state index contributed by atoms with van der Waals surface area (Å²) in [4.78, 5) is 0. The normalized spacial score (nSPS) is 11.3. The van der Waals surface area contributed by atoms with E-state index < -0.39 is 0 Å². The molecule has 0 aliphatic carbocycles. The molecule has 84 valence electrons. The second-order valence-electron chi connectivity index (χ2n) is 2.79. The van der Waals surface area contributed by atoms with Crippen molar-refractivity contribution in [2.24, 2.45) is 0 Å². The maximum absolute atomic E-state index is 5.47. The Balaban J connectivity index is 2.88. The van der Waals surface area contributed by atoms with Gasteiger partial charge in [-0.1, -0.05) is 12.2 Å². The van der Waals surface area contributed by atoms with E-state index >= 15 is 0 Å². The molecular weight excluding hydrogens is 202 g/mol. The predicted octanol–water partition coefficient (Wildman–Crippen LogP) is 1.42. The van der Waals surface area contributed by atoms with Crippen LogP contribution in [0.2, 0.25) is 0 Å². The maximum Gasteiger partial charge on any atom is 0.0700 e. The van der Waals surface area contributed by atoms with Crippen molar-refractivity contribution in [2.45, 2.75) is 6.42 Å². The Labute approximate surface area is 91.4 Å². The molecule has 4 heteroatoms. The van der Waals surface area contributed by atoms with Crippen molar-refractivity contribution >= 4 is 11.6 Å². The lowest BCUT2D eigenvalue weighted by atomic mass is 10.4. The van der Waals surface area contributed by atoms with Crippen molar-refractivity contribution in [3.8, 4) is 0 Å². The van der Waals surface area contributed by atoms with E-state index in [9.17, 15) is 0 Å². The van der Waals surface area contributed by atoms with Gasteiger partial charge in [0.2, 0.25) is 0 Å². The zero-order chi connectivity index (χ0) is 10.5. The van der Waals surface area contributed by atoms with Gasteiger partial charge in [0, 0.05) is 26.1 Å². The molecule has 0 rings (SSSR count). The van der Waals surface area contributed by atoms with E-state index in [2.05, 4.69) is 5.32 Å². The third kappa shape index (κ3) is 11.9. The van der Waals surface area contributed by atoms with Gasteiger partial charge >= 0.3 is 0 Å². The summed E-state index contributed by atoms with van der Waals surface area (Å²) >= 11 is 5.47. The highest BCUT2D eigenvalue weighted by molar-refractivity contribution is 6.18. The number of rotatable bonds is 10. The molecule has 0 aromatic rings. The SMILES string of the molecule is COCCOCCCNC/C=C/CCl. The van der Waals surface area contributed by atoms with Gasteiger partial charge in [0.1, 0.15) is 0 Å². The molecule has 0 amide bonds. The smallest absolute Gasteiger partial charge is 0.0700 e. The summed E-state index contributed by atoms with van der Waals surface area (Å²) in [5.74, 6) is 0.585. The summed E-state index contributed by atoms with van der Waals surface area (Å²) < 4.78 is 10.1. The van der Waals surface area contributed by atoms with E-state index in [-0.39, 0.29) is 0 Å². The number of hydrogen-bond acceptors (Lipinski definition) is 3. The Kier molecular flexibility index (Phi) is 12.8. The third-order valence-electron chi connectivity index (χ3n) is 1.59. The first-order valence-electron chi connectivity index (χ1n) is 4.90. The maximum atomic E-state index is 5.47. The third-order valence-corrected chi connectivity index (χ3v) is 1.77. The monoisotopic (exact) mass is 221 g/mol. The van der Waals surface area contributed by atoms with E-state index in [1.165, 1.54) is 0 Å². The topological polar surface area (TPSA) is 30.5 Å². The zero-order valence-corrected chi connectivity index (χ0v) is 9.55. The van der Waals surface area contributed by atoms with Gasteiger partial charge in [-0.25, -0.2) is 0 Å². The zero-order valence-electron chi connectivity index (χ0n) is 8.80. The van der Waals surface area contributed by atoms with Crippen LogP contribution in [0, 0.1) is 0 Å². The minimum atomic E-state index is 0.585. The summed E-state index contributed by atoms with van der Waals surface area (Å²) in [5.41, 5.74) is 0. The highest BCUT2D eigenvalue weighted by Gasteiger charge is 1.88. The van der Waals surface area contributed by atoms with E-state index in [1.807, 2.05) is 12.2 Å². The fraction of sp³-hybridized carbons (Fsp3) is 0.800. The second kappa shape index (κ2) is 12.9. The number of hydrogen-bond donors (Lipinski definition) is 1. The van der Waals surface area contributed by atoms with Crippen molar-refractivity contribution in [3.63, 3.8) is 0 Å². The highest BCUT2D eigenvalue weighted by Crippen LogP contribution is 1.82. The van der Waals surface area contributed by atoms with Gasteiger partial charge in [-0.05, 0) is 13.0 Å². The van der Waals surface area contributed by atoms with Crippen LogP contribution in [-0.4, -0.2) is 45.9 Å². The molecule has 0 bridgehead atoms. The molecule has 0 spiro atoms. The first-order valence-corrected chi connectivity index (χ1v) is 5.43. The second-order valence-corrected chi connectivity index (χ2v) is 3.10. The van der Waals surface area contributed by atoms with Gasteiger partial charge in [-0.2, -0.15) is 0 Å². The molecule has 0 aliphatic heterocycles. The first kappa shape index (κ1) is 13.9. The van der Waals surface area contributed by atoms with Gasteiger partial charge in [0.15, 0.2) is 0 Å². The van der Waals surface area contributed by atoms with E-state index in [0.29, 0.717) is 19.1 Å². The van der Waals surface area contributed by atoms with Gasteiger partial charge < -0.3 is 14.8 Å². The van der Waals surface area contributed by atoms with Gasteiger partial charge in [0.25, 0.3) is 0 Å². The lowest BCUT2D eigenvalue weighted by molar-refractivity contribution is 0.0696. The Hall–Kier alpha value is -0.0900. The average molecular weight is 222 g/mol.